The minimum atomic E-state index is -0.360. The first kappa shape index (κ1) is 9.02. The van der Waals surface area contributed by atoms with Gasteiger partial charge in [-0.05, 0) is 6.92 Å². The molecule has 0 aliphatic heterocycles. The number of nitriles is 1. The predicted octanol–water partition coefficient (Wildman–Crippen LogP) is 0.749. The molecule has 0 aromatic carbocycles. The lowest BCUT2D eigenvalue weighted by atomic mass is 10.4. The number of hydrogen-bond acceptors (Lipinski definition) is 4. The molecule has 0 saturated heterocycles. The van der Waals surface area contributed by atoms with Gasteiger partial charge in [0.25, 0.3) is 0 Å². The van der Waals surface area contributed by atoms with Crippen LogP contribution < -0.4 is 4.74 Å². The first-order valence-electron chi connectivity index (χ1n) is 3.62. The average molecular weight is 173 g/mol. The van der Waals surface area contributed by atoms with Gasteiger partial charge >= 0.3 is 0 Å². The lowest BCUT2D eigenvalue weighted by Crippen LogP contribution is -2.09. The number of hydrogen-bond donors (Lipinski definition) is 0. The SMILES string of the molecule is C#CC(C)Oc1ccnc(C#N)n1. The van der Waals surface area contributed by atoms with Gasteiger partial charge in [0, 0.05) is 12.3 Å². The van der Waals surface area contributed by atoms with Crippen LogP contribution in [-0.4, -0.2) is 16.1 Å². The van der Waals surface area contributed by atoms with Crippen molar-refractivity contribution in [3.8, 4) is 24.3 Å². The predicted molar refractivity (Wildman–Crippen MR) is 45.7 cm³/mol. The zero-order valence-corrected chi connectivity index (χ0v) is 7.06. The molecule has 0 saturated carbocycles. The Kier molecular flexibility index (Phi) is 2.83. The summed E-state index contributed by atoms with van der Waals surface area (Å²) in [6.45, 7) is 1.72. The summed E-state index contributed by atoms with van der Waals surface area (Å²) < 4.78 is 5.17. The normalized spacial score (nSPS) is 11.0. The van der Waals surface area contributed by atoms with E-state index in [1.54, 1.807) is 19.1 Å². The summed E-state index contributed by atoms with van der Waals surface area (Å²) in [4.78, 5) is 7.48. The summed E-state index contributed by atoms with van der Waals surface area (Å²) in [7, 11) is 0. The Morgan fingerprint density at radius 2 is 2.46 bits per heavy atom. The lowest BCUT2D eigenvalue weighted by Gasteiger charge is -2.06. The largest absolute Gasteiger partial charge is 0.461 e. The van der Waals surface area contributed by atoms with Crippen molar-refractivity contribution in [1.82, 2.24) is 9.97 Å². The molecule has 4 nitrogen and oxygen atoms in total. The molecule has 0 bridgehead atoms. The molecular weight excluding hydrogens is 166 g/mol. The highest BCUT2D eigenvalue weighted by molar-refractivity contribution is 5.17. The molecule has 1 aromatic rings. The Balaban J connectivity index is 2.80. The van der Waals surface area contributed by atoms with E-state index in [0.29, 0.717) is 5.88 Å². The molecule has 0 aliphatic rings. The van der Waals surface area contributed by atoms with E-state index in [4.69, 9.17) is 16.4 Å². The molecule has 0 radical (unpaired) electrons. The van der Waals surface area contributed by atoms with Crippen molar-refractivity contribution in [2.45, 2.75) is 13.0 Å². The van der Waals surface area contributed by atoms with Crippen molar-refractivity contribution >= 4 is 0 Å². The molecular formula is C9H7N3O. The second kappa shape index (κ2) is 4.08. The van der Waals surface area contributed by atoms with E-state index in [1.165, 1.54) is 6.20 Å². The van der Waals surface area contributed by atoms with Crippen molar-refractivity contribution < 1.29 is 4.74 Å². The first-order valence-corrected chi connectivity index (χ1v) is 3.62. The van der Waals surface area contributed by atoms with Crippen molar-refractivity contribution in [1.29, 1.82) is 5.26 Å². The van der Waals surface area contributed by atoms with E-state index in [1.807, 2.05) is 0 Å². The summed E-state index contributed by atoms with van der Waals surface area (Å²) in [6.07, 6.45) is 6.20. The van der Waals surface area contributed by atoms with E-state index < -0.39 is 0 Å². The van der Waals surface area contributed by atoms with E-state index in [-0.39, 0.29) is 11.9 Å². The summed E-state index contributed by atoms with van der Waals surface area (Å²) >= 11 is 0. The Bertz CT molecular complexity index is 375. The molecule has 1 rings (SSSR count). The van der Waals surface area contributed by atoms with Gasteiger partial charge in [-0.15, -0.1) is 6.42 Å². The molecule has 13 heavy (non-hydrogen) atoms. The van der Waals surface area contributed by atoms with Crippen LogP contribution in [-0.2, 0) is 0 Å². The number of rotatable bonds is 2. The van der Waals surface area contributed by atoms with E-state index in [2.05, 4.69) is 15.9 Å². The first-order chi connectivity index (χ1) is 6.26. The van der Waals surface area contributed by atoms with Crippen LogP contribution in [0.15, 0.2) is 12.3 Å². The smallest absolute Gasteiger partial charge is 0.235 e. The average Bonchev–Trinajstić information content (AvgIpc) is 2.18. The third-order valence-electron chi connectivity index (χ3n) is 1.26. The molecule has 0 fully saturated rings. The highest BCUT2D eigenvalue weighted by Crippen LogP contribution is 2.06. The summed E-state index contributed by atoms with van der Waals surface area (Å²) in [5, 5.41) is 8.48. The fourth-order valence-corrected chi connectivity index (χ4v) is 0.677. The van der Waals surface area contributed by atoms with Crippen molar-refractivity contribution in [2.24, 2.45) is 0 Å². The summed E-state index contributed by atoms with van der Waals surface area (Å²) in [5.41, 5.74) is 0. The zero-order chi connectivity index (χ0) is 9.68. The number of aromatic nitrogens is 2. The van der Waals surface area contributed by atoms with Gasteiger partial charge in [-0.1, -0.05) is 5.92 Å². The Morgan fingerprint density at radius 1 is 1.69 bits per heavy atom. The Hall–Kier alpha value is -2.07. The zero-order valence-electron chi connectivity index (χ0n) is 7.06. The molecule has 1 heterocycles. The fraction of sp³-hybridized carbons (Fsp3) is 0.222. The van der Waals surface area contributed by atoms with Gasteiger partial charge in [0.2, 0.25) is 11.7 Å². The molecule has 0 N–H and O–H groups in total. The van der Waals surface area contributed by atoms with Gasteiger partial charge in [0.1, 0.15) is 6.07 Å². The standard InChI is InChI=1S/C9H7N3O/c1-3-7(2)13-9-4-5-11-8(6-10)12-9/h1,4-5,7H,2H3. The van der Waals surface area contributed by atoms with Gasteiger partial charge in [-0.25, -0.2) is 4.98 Å². The Labute approximate surface area is 76.2 Å². The molecule has 0 spiro atoms. The summed E-state index contributed by atoms with van der Waals surface area (Å²) in [6, 6.07) is 3.36. The quantitative estimate of drug-likeness (QED) is 0.619. The third-order valence-corrected chi connectivity index (χ3v) is 1.26. The maximum absolute atomic E-state index is 8.48. The number of ether oxygens (including phenoxy) is 1. The second-order valence-corrected chi connectivity index (χ2v) is 2.26. The van der Waals surface area contributed by atoms with Crippen LogP contribution in [0.2, 0.25) is 0 Å². The van der Waals surface area contributed by atoms with Gasteiger partial charge in [0.05, 0.1) is 0 Å². The van der Waals surface area contributed by atoms with E-state index in [9.17, 15) is 0 Å². The third kappa shape index (κ3) is 2.46. The molecule has 1 atom stereocenters. The van der Waals surface area contributed by atoms with Crippen molar-refractivity contribution in [3.05, 3.63) is 18.1 Å². The van der Waals surface area contributed by atoms with Crippen molar-refractivity contribution in [2.75, 3.05) is 0 Å². The maximum atomic E-state index is 8.48. The molecule has 1 aromatic heterocycles. The van der Waals surface area contributed by atoms with Gasteiger partial charge < -0.3 is 4.74 Å². The maximum Gasteiger partial charge on any atom is 0.235 e. The van der Waals surface area contributed by atoms with Gasteiger partial charge in [-0.2, -0.15) is 10.2 Å². The van der Waals surface area contributed by atoms with Crippen LogP contribution in [0.4, 0.5) is 0 Å². The second-order valence-electron chi connectivity index (χ2n) is 2.26. The molecule has 0 amide bonds. The molecule has 4 heteroatoms. The van der Waals surface area contributed by atoms with E-state index in [0.717, 1.165) is 0 Å². The number of nitrogens with zero attached hydrogens (tertiary/aromatic N) is 3. The summed E-state index contributed by atoms with van der Waals surface area (Å²) in [5.74, 6) is 2.77. The molecule has 1 unspecified atom stereocenters. The lowest BCUT2D eigenvalue weighted by molar-refractivity contribution is 0.267. The minimum Gasteiger partial charge on any atom is -0.461 e. The van der Waals surface area contributed by atoms with Gasteiger partial charge in [-0.3, -0.25) is 0 Å². The van der Waals surface area contributed by atoms with Crippen LogP contribution in [0.25, 0.3) is 0 Å². The van der Waals surface area contributed by atoms with Crippen molar-refractivity contribution in [3.63, 3.8) is 0 Å². The highest BCUT2D eigenvalue weighted by Gasteiger charge is 2.01. The van der Waals surface area contributed by atoms with Crippen LogP contribution in [0.5, 0.6) is 5.88 Å². The minimum absolute atomic E-state index is 0.0710. The van der Waals surface area contributed by atoms with Crippen LogP contribution in [0.1, 0.15) is 12.7 Å². The molecule has 0 aliphatic carbocycles. The fourth-order valence-electron chi connectivity index (χ4n) is 0.677. The van der Waals surface area contributed by atoms with Crippen LogP contribution >= 0.6 is 0 Å². The monoisotopic (exact) mass is 173 g/mol. The van der Waals surface area contributed by atoms with Crippen LogP contribution in [0, 0.1) is 23.7 Å². The van der Waals surface area contributed by atoms with Crippen LogP contribution in [0.3, 0.4) is 0 Å². The Morgan fingerprint density at radius 3 is 3.08 bits per heavy atom. The number of terminal acetylenes is 1. The topological polar surface area (TPSA) is 58.8 Å². The van der Waals surface area contributed by atoms with Gasteiger partial charge in [0.15, 0.2) is 6.10 Å². The molecule has 64 valence electrons. The van der Waals surface area contributed by atoms with E-state index >= 15 is 0 Å². The highest BCUT2D eigenvalue weighted by atomic mass is 16.5.